The van der Waals surface area contributed by atoms with Gasteiger partial charge in [0, 0.05) is 0 Å². The van der Waals surface area contributed by atoms with Crippen LogP contribution in [0.5, 0.6) is 0 Å². The lowest BCUT2D eigenvalue weighted by atomic mass is 10.0. The number of carboxylic acid groups (broad SMARTS) is 1. The van der Waals surface area contributed by atoms with Gasteiger partial charge in [0.05, 0.1) is 11.1 Å². The van der Waals surface area contributed by atoms with Crippen LogP contribution in [0.4, 0.5) is 0 Å². The zero-order chi connectivity index (χ0) is 14.6. The molecule has 4 nitrogen and oxygen atoms in total. The Hall–Kier alpha value is -1.84. The normalized spacial score (nSPS) is 11.2. The predicted octanol–water partition coefficient (Wildman–Crippen LogP) is 3.43. The van der Waals surface area contributed by atoms with Crippen molar-refractivity contribution in [1.82, 2.24) is 0 Å². The van der Waals surface area contributed by atoms with E-state index in [1.54, 1.807) is 19.1 Å². The van der Waals surface area contributed by atoms with E-state index < -0.39 is 17.5 Å². The number of benzene rings is 1. The minimum Gasteiger partial charge on any atom is -0.478 e. The van der Waals surface area contributed by atoms with E-state index in [-0.39, 0.29) is 11.1 Å². The van der Waals surface area contributed by atoms with Gasteiger partial charge in [0.15, 0.2) is 0 Å². The van der Waals surface area contributed by atoms with Gasteiger partial charge in [-0.25, -0.2) is 9.59 Å². The van der Waals surface area contributed by atoms with Crippen molar-refractivity contribution in [2.45, 2.75) is 46.1 Å². The molecule has 0 unspecified atom stereocenters. The Bertz CT molecular complexity index is 489. The summed E-state index contributed by atoms with van der Waals surface area (Å²) in [5, 5.41) is 9.19. The van der Waals surface area contributed by atoms with Gasteiger partial charge in [0.25, 0.3) is 0 Å². The highest BCUT2D eigenvalue weighted by Gasteiger charge is 2.26. The van der Waals surface area contributed by atoms with Crippen LogP contribution in [0.15, 0.2) is 18.2 Å². The fraction of sp³-hybridized carbons (Fsp3) is 0.467. The van der Waals surface area contributed by atoms with Crippen molar-refractivity contribution in [3.63, 3.8) is 0 Å². The van der Waals surface area contributed by atoms with Crippen LogP contribution in [0.2, 0.25) is 0 Å². The maximum Gasteiger partial charge on any atom is 0.339 e. The van der Waals surface area contributed by atoms with Gasteiger partial charge in [0.2, 0.25) is 0 Å². The maximum absolute atomic E-state index is 12.1. The SMILES string of the molecule is CCCC(C)(C)OC(=O)c1cccc(C)c1C(=O)O. The average Bonchev–Trinajstić information content (AvgIpc) is 2.27. The van der Waals surface area contributed by atoms with Crippen molar-refractivity contribution >= 4 is 11.9 Å². The number of carbonyl (C=O) groups excluding carboxylic acids is 1. The molecule has 0 atom stereocenters. The fourth-order valence-electron chi connectivity index (χ4n) is 2.08. The number of esters is 1. The molecular weight excluding hydrogens is 244 g/mol. The van der Waals surface area contributed by atoms with E-state index in [1.165, 1.54) is 6.07 Å². The summed E-state index contributed by atoms with van der Waals surface area (Å²) in [6.07, 6.45) is 1.62. The lowest BCUT2D eigenvalue weighted by Gasteiger charge is -2.25. The number of ether oxygens (including phenoxy) is 1. The van der Waals surface area contributed by atoms with Crippen LogP contribution in [-0.4, -0.2) is 22.6 Å². The second-order valence-electron chi connectivity index (χ2n) is 5.20. The van der Waals surface area contributed by atoms with E-state index in [4.69, 9.17) is 4.74 Å². The Morgan fingerprint density at radius 2 is 1.95 bits per heavy atom. The van der Waals surface area contributed by atoms with Gasteiger partial charge < -0.3 is 9.84 Å². The van der Waals surface area contributed by atoms with Crippen LogP contribution in [0.3, 0.4) is 0 Å². The van der Waals surface area contributed by atoms with E-state index in [1.807, 2.05) is 20.8 Å². The molecule has 0 saturated carbocycles. The number of carbonyl (C=O) groups is 2. The molecule has 0 aromatic heterocycles. The number of hydrogen-bond acceptors (Lipinski definition) is 3. The second-order valence-corrected chi connectivity index (χ2v) is 5.20. The summed E-state index contributed by atoms with van der Waals surface area (Å²) < 4.78 is 5.41. The summed E-state index contributed by atoms with van der Waals surface area (Å²) in [5.41, 5.74) is 0.0810. The molecule has 19 heavy (non-hydrogen) atoms. The molecule has 1 aromatic rings. The largest absolute Gasteiger partial charge is 0.478 e. The van der Waals surface area contributed by atoms with Crippen molar-refractivity contribution in [3.8, 4) is 0 Å². The predicted molar refractivity (Wildman–Crippen MR) is 72.5 cm³/mol. The molecule has 0 radical (unpaired) electrons. The molecule has 0 aliphatic carbocycles. The zero-order valence-electron chi connectivity index (χ0n) is 11.8. The molecule has 0 heterocycles. The molecule has 0 saturated heterocycles. The van der Waals surface area contributed by atoms with E-state index >= 15 is 0 Å². The molecule has 0 aliphatic heterocycles. The molecule has 4 heteroatoms. The summed E-state index contributed by atoms with van der Waals surface area (Å²) in [4.78, 5) is 23.4. The number of rotatable bonds is 5. The minimum absolute atomic E-state index is 0.0137. The monoisotopic (exact) mass is 264 g/mol. The van der Waals surface area contributed by atoms with Crippen LogP contribution < -0.4 is 0 Å². The van der Waals surface area contributed by atoms with Crippen molar-refractivity contribution in [2.75, 3.05) is 0 Å². The molecule has 104 valence electrons. The van der Waals surface area contributed by atoms with Gasteiger partial charge in [-0.2, -0.15) is 0 Å². The molecule has 0 bridgehead atoms. The van der Waals surface area contributed by atoms with E-state index in [9.17, 15) is 14.7 Å². The molecule has 0 fully saturated rings. The van der Waals surface area contributed by atoms with Gasteiger partial charge in [0.1, 0.15) is 5.60 Å². The number of hydrogen-bond donors (Lipinski definition) is 1. The second kappa shape index (κ2) is 5.87. The van der Waals surface area contributed by atoms with E-state index in [0.29, 0.717) is 5.56 Å². The van der Waals surface area contributed by atoms with Crippen molar-refractivity contribution < 1.29 is 19.4 Å². The van der Waals surface area contributed by atoms with Gasteiger partial charge in [-0.15, -0.1) is 0 Å². The summed E-state index contributed by atoms with van der Waals surface area (Å²) in [6, 6.07) is 4.81. The van der Waals surface area contributed by atoms with Crippen LogP contribution >= 0.6 is 0 Å². The van der Waals surface area contributed by atoms with Crippen molar-refractivity contribution in [3.05, 3.63) is 34.9 Å². The van der Waals surface area contributed by atoms with E-state index in [2.05, 4.69) is 0 Å². The van der Waals surface area contributed by atoms with E-state index in [0.717, 1.165) is 12.8 Å². The van der Waals surface area contributed by atoms with Gasteiger partial charge in [-0.1, -0.05) is 25.5 Å². The molecule has 0 amide bonds. The highest BCUT2D eigenvalue weighted by atomic mass is 16.6. The third-order valence-electron chi connectivity index (χ3n) is 2.93. The maximum atomic E-state index is 12.1. The zero-order valence-corrected chi connectivity index (χ0v) is 11.8. The summed E-state index contributed by atoms with van der Waals surface area (Å²) >= 11 is 0. The van der Waals surface area contributed by atoms with Crippen LogP contribution in [0.25, 0.3) is 0 Å². The highest BCUT2D eigenvalue weighted by Crippen LogP contribution is 2.21. The molecule has 0 aliphatic rings. The van der Waals surface area contributed by atoms with Gasteiger partial charge in [-0.3, -0.25) is 0 Å². The molecular formula is C15H20O4. The Kier molecular flexibility index (Phi) is 4.70. The summed E-state index contributed by atoms with van der Waals surface area (Å²) in [6.45, 7) is 7.32. The first-order valence-corrected chi connectivity index (χ1v) is 6.34. The Morgan fingerprint density at radius 3 is 2.47 bits per heavy atom. The number of aromatic carboxylic acids is 1. The smallest absolute Gasteiger partial charge is 0.339 e. The van der Waals surface area contributed by atoms with Gasteiger partial charge >= 0.3 is 11.9 Å². The number of aryl methyl sites for hydroxylation is 1. The first kappa shape index (κ1) is 15.2. The topological polar surface area (TPSA) is 63.6 Å². The standard InChI is InChI=1S/C15H20O4/c1-5-9-15(3,4)19-14(18)11-8-6-7-10(2)12(11)13(16)17/h6-8H,5,9H2,1-4H3,(H,16,17). The lowest BCUT2D eigenvalue weighted by molar-refractivity contribution is -0.00503. The Balaban J connectivity index is 3.07. The van der Waals surface area contributed by atoms with Crippen LogP contribution in [0, 0.1) is 6.92 Å². The summed E-state index contributed by atoms with van der Waals surface area (Å²) in [7, 11) is 0. The summed E-state index contributed by atoms with van der Waals surface area (Å²) in [5.74, 6) is -1.70. The molecule has 0 spiro atoms. The number of carboxylic acids is 1. The van der Waals surface area contributed by atoms with Crippen molar-refractivity contribution in [2.24, 2.45) is 0 Å². The highest BCUT2D eigenvalue weighted by molar-refractivity contribution is 6.03. The first-order chi connectivity index (χ1) is 8.78. The lowest BCUT2D eigenvalue weighted by Crippen LogP contribution is -2.28. The Morgan fingerprint density at radius 1 is 1.32 bits per heavy atom. The fourth-order valence-corrected chi connectivity index (χ4v) is 2.08. The van der Waals surface area contributed by atoms with Crippen molar-refractivity contribution in [1.29, 1.82) is 0 Å². The first-order valence-electron chi connectivity index (χ1n) is 6.34. The minimum atomic E-state index is -1.11. The van der Waals surface area contributed by atoms with Crippen LogP contribution in [0.1, 0.15) is 59.9 Å². The quantitative estimate of drug-likeness (QED) is 0.827. The third kappa shape index (κ3) is 3.81. The van der Waals surface area contributed by atoms with Crippen LogP contribution in [-0.2, 0) is 4.74 Å². The van der Waals surface area contributed by atoms with Gasteiger partial charge in [-0.05, 0) is 38.8 Å². The molecule has 1 rings (SSSR count). The molecule has 1 aromatic carbocycles. The Labute approximate surface area is 113 Å². The third-order valence-corrected chi connectivity index (χ3v) is 2.93. The molecule has 1 N–H and O–H groups in total. The average molecular weight is 264 g/mol.